The van der Waals surface area contributed by atoms with E-state index in [-0.39, 0.29) is 18.0 Å². The Labute approximate surface area is 120 Å². The van der Waals surface area contributed by atoms with E-state index in [0.29, 0.717) is 13.5 Å². The number of Topliss-reactive ketones (excluding diaryl/α,β-unsaturated/α-hetero) is 1. The van der Waals surface area contributed by atoms with Gasteiger partial charge in [0.1, 0.15) is 5.69 Å². The number of methoxy groups -OCH3 is 1. The molecule has 1 atom stereocenters. The molecule has 0 aliphatic rings. The lowest BCUT2D eigenvalue weighted by Crippen LogP contribution is -2.57. The van der Waals surface area contributed by atoms with E-state index < -0.39 is 17.5 Å². The van der Waals surface area contributed by atoms with Crippen LogP contribution in [0.2, 0.25) is 0 Å². The first-order chi connectivity index (χ1) is 9.52. The van der Waals surface area contributed by atoms with Gasteiger partial charge in [0, 0.05) is 6.54 Å². The van der Waals surface area contributed by atoms with Gasteiger partial charge in [-0.3, -0.25) is 9.48 Å². The molecular weight excluding hydrogens is 289 g/mol. The van der Waals surface area contributed by atoms with Crippen molar-refractivity contribution in [3.05, 3.63) is 11.9 Å². The van der Waals surface area contributed by atoms with Crippen LogP contribution in [0.15, 0.2) is 6.20 Å². The molecule has 9 heteroatoms. The van der Waals surface area contributed by atoms with Gasteiger partial charge in [0.05, 0.1) is 19.9 Å². The van der Waals surface area contributed by atoms with E-state index in [1.54, 1.807) is 14.1 Å². The third kappa shape index (κ3) is 3.53. The van der Waals surface area contributed by atoms with Crippen molar-refractivity contribution in [3.63, 3.8) is 0 Å². The molecule has 21 heavy (non-hydrogen) atoms. The van der Waals surface area contributed by atoms with Gasteiger partial charge in [0.15, 0.2) is 11.3 Å². The largest absolute Gasteiger partial charge is 0.493 e. The molecule has 0 fully saturated rings. The Kier molecular flexibility index (Phi) is 5.00. The van der Waals surface area contributed by atoms with Crippen molar-refractivity contribution in [2.75, 3.05) is 27.7 Å². The van der Waals surface area contributed by atoms with E-state index in [0.717, 1.165) is 0 Å². The topological polar surface area (TPSA) is 73.4 Å². The van der Waals surface area contributed by atoms with Gasteiger partial charge < -0.3 is 15.4 Å². The molecule has 1 aromatic rings. The number of halogens is 3. The van der Waals surface area contributed by atoms with Crippen molar-refractivity contribution >= 4 is 5.78 Å². The lowest BCUT2D eigenvalue weighted by molar-refractivity contribution is -0.166. The lowest BCUT2D eigenvalue weighted by atomic mass is 9.94. The van der Waals surface area contributed by atoms with E-state index >= 15 is 0 Å². The number of ether oxygens (including phenoxy) is 1. The number of nitrogens with zero attached hydrogens (tertiary/aromatic N) is 3. The van der Waals surface area contributed by atoms with Crippen LogP contribution in [0.4, 0.5) is 13.2 Å². The highest BCUT2D eigenvalue weighted by atomic mass is 19.4. The fraction of sp³-hybridized carbons (Fsp3) is 0.667. The standard InChI is InChI=1S/C12H19F3N4O2/c1-11(16,12(13,14)15)10(20)9-8(21-4)7-17-19(9)6-5-18(2)3/h7H,5-6,16H2,1-4H3. The lowest BCUT2D eigenvalue weighted by Gasteiger charge is -2.26. The van der Waals surface area contributed by atoms with Crippen LogP contribution in [-0.2, 0) is 6.54 Å². The quantitative estimate of drug-likeness (QED) is 0.791. The Morgan fingerprint density at radius 2 is 2.05 bits per heavy atom. The summed E-state index contributed by atoms with van der Waals surface area (Å²) in [5.41, 5.74) is 1.92. The van der Waals surface area contributed by atoms with Gasteiger partial charge in [0.25, 0.3) is 0 Å². The molecule has 6 nitrogen and oxygen atoms in total. The van der Waals surface area contributed by atoms with Gasteiger partial charge >= 0.3 is 6.18 Å². The molecule has 0 aliphatic heterocycles. The van der Waals surface area contributed by atoms with Crippen molar-refractivity contribution in [2.24, 2.45) is 5.73 Å². The van der Waals surface area contributed by atoms with E-state index in [1.165, 1.54) is 18.0 Å². The molecule has 1 rings (SSSR count). The van der Waals surface area contributed by atoms with Crippen molar-refractivity contribution in [1.82, 2.24) is 14.7 Å². The number of carbonyl (C=O) groups is 1. The SMILES string of the molecule is COc1cnn(CCN(C)C)c1C(=O)C(C)(N)C(F)(F)F. The van der Waals surface area contributed by atoms with E-state index in [9.17, 15) is 18.0 Å². The molecule has 0 saturated heterocycles. The molecule has 0 spiro atoms. The number of rotatable bonds is 6. The summed E-state index contributed by atoms with van der Waals surface area (Å²) in [6.07, 6.45) is -3.67. The summed E-state index contributed by atoms with van der Waals surface area (Å²) >= 11 is 0. The number of hydrogen-bond acceptors (Lipinski definition) is 5. The van der Waals surface area contributed by atoms with Gasteiger partial charge in [-0.1, -0.05) is 0 Å². The van der Waals surface area contributed by atoms with Crippen molar-refractivity contribution in [1.29, 1.82) is 0 Å². The third-order valence-corrected chi connectivity index (χ3v) is 3.06. The van der Waals surface area contributed by atoms with E-state index in [1.807, 2.05) is 4.90 Å². The molecule has 0 aliphatic carbocycles. The average molecular weight is 308 g/mol. The van der Waals surface area contributed by atoms with Crippen LogP contribution in [0.1, 0.15) is 17.4 Å². The third-order valence-electron chi connectivity index (χ3n) is 3.06. The molecule has 0 bridgehead atoms. The summed E-state index contributed by atoms with van der Waals surface area (Å²) in [6.45, 7) is 1.38. The molecule has 2 N–H and O–H groups in total. The normalized spacial score (nSPS) is 15.1. The van der Waals surface area contributed by atoms with E-state index in [2.05, 4.69) is 5.10 Å². The molecule has 120 valence electrons. The first-order valence-corrected chi connectivity index (χ1v) is 6.17. The molecule has 0 radical (unpaired) electrons. The van der Waals surface area contributed by atoms with Crippen LogP contribution in [0.25, 0.3) is 0 Å². The van der Waals surface area contributed by atoms with Crippen LogP contribution in [0, 0.1) is 0 Å². The highest BCUT2D eigenvalue weighted by Crippen LogP contribution is 2.33. The Morgan fingerprint density at radius 1 is 1.48 bits per heavy atom. The van der Waals surface area contributed by atoms with Gasteiger partial charge in [-0.2, -0.15) is 18.3 Å². The van der Waals surface area contributed by atoms with Crippen LogP contribution in [0.5, 0.6) is 5.75 Å². The highest BCUT2D eigenvalue weighted by molar-refractivity contribution is 6.04. The van der Waals surface area contributed by atoms with Crippen molar-refractivity contribution in [3.8, 4) is 5.75 Å². The zero-order chi connectivity index (χ0) is 16.4. The summed E-state index contributed by atoms with van der Waals surface area (Å²) in [7, 11) is 4.85. The Bertz CT molecular complexity index is 509. The number of hydrogen-bond donors (Lipinski definition) is 1. The smallest absolute Gasteiger partial charge is 0.413 e. The number of aromatic nitrogens is 2. The summed E-state index contributed by atoms with van der Waals surface area (Å²) < 4.78 is 44.9. The molecule has 0 aromatic carbocycles. The molecule has 1 heterocycles. The van der Waals surface area contributed by atoms with Gasteiger partial charge in [-0.05, 0) is 21.0 Å². The summed E-state index contributed by atoms with van der Waals surface area (Å²) in [6, 6.07) is 0. The first kappa shape index (κ1) is 17.4. The van der Waals surface area contributed by atoms with Crippen LogP contribution < -0.4 is 10.5 Å². The van der Waals surface area contributed by atoms with E-state index in [4.69, 9.17) is 10.5 Å². The molecule has 1 aromatic heterocycles. The second-order valence-electron chi connectivity index (χ2n) is 5.12. The number of carbonyl (C=O) groups excluding carboxylic acids is 1. The fourth-order valence-electron chi connectivity index (χ4n) is 1.59. The maximum absolute atomic E-state index is 12.9. The highest BCUT2D eigenvalue weighted by Gasteiger charge is 2.55. The van der Waals surface area contributed by atoms with Gasteiger partial charge in [-0.25, -0.2) is 0 Å². The minimum Gasteiger partial charge on any atom is -0.493 e. The molecule has 0 saturated carbocycles. The molecule has 1 unspecified atom stereocenters. The summed E-state index contributed by atoms with van der Waals surface area (Å²) in [5, 5.41) is 3.90. The zero-order valence-corrected chi connectivity index (χ0v) is 12.4. The van der Waals surface area contributed by atoms with Gasteiger partial charge in [-0.15, -0.1) is 0 Å². The predicted octanol–water partition coefficient (Wildman–Crippen LogP) is 0.916. The Hall–Kier alpha value is -1.61. The zero-order valence-electron chi connectivity index (χ0n) is 12.4. The van der Waals surface area contributed by atoms with Crippen molar-refractivity contribution < 1.29 is 22.7 Å². The number of likely N-dealkylation sites (N-methyl/N-ethyl adjacent to an activating group) is 1. The first-order valence-electron chi connectivity index (χ1n) is 6.17. The number of ketones is 1. The number of alkyl halides is 3. The Balaban J connectivity index is 3.21. The number of nitrogens with two attached hydrogens (primary N) is 1. The second-order valence-corrected chi connectivity index (χ2v) is 5.12. The molecular formula is C12H19F3N4O2. The monoisotopic (exact) mass is 308 g/mol. The Morgan fingerprint density at radius 3 is 2.48 bits per heavy atom. The molecule has 0 amide bonds. The minimum atomic E-state index is -4.87. The minimum absolute atomic E-state index is 0.0281. The second kappa shape index (κ2) is 6.02. The van der Waals surface area contributed by atoms with Crippen LogP contribution in [0.3, 0.4) is 0 Å². The maximum atomic E-state index is 12.9. The van der Waals surface area contributed by atoms with Crippen LogP contribution in [-0.4, -0.2) is 59.9 Å². The average Bonchev–Trinajstić information content (AvgIpc) is 2.76. The fourth-order valence-corrected chi connectivity index (χ4v) is 1.59. The predicted molar refractivity (Wildman–Crippen MR) is 70.3 cm³/mol. The maximum Gasteiger partial charge on any atom is 0.413 e. The van der Waals surface area contributed by atoms with Gasteiger partial charge in [0.2, 0.25) is 5.78 Å². The summed E-state index contributed by atoms with van der Waals surface area (Å²) in [4.78, 5) is 14.0. The van der Waals surface area contributed by atoms with Crippen LogP contribution >= 0.6 is 0 Å². The summed E-state index contributed by atoms with van der Waals surface area (Å²) in [5.74, 6) is -1.30. The van der Waals surface area contributed by atoms with Crippen molar-refractivity contribution in [2.45, 2.75) is 25.2 Å².